The first kappa shape index (κ1) is 13.2. The van der Waals surface area contributed by atoms with Crippen molar-refractivity contribution in [2.45, 2.75) is 24.3 Å². The highest BCUT2D eigenvalue weighted by atomic mass is 32.2. The first-order chi connectivity index (χ1) is 8.49. The van der Waals surface area contributed by atoms with Crippen molar-refractivity contribution >= 4 is 16.8 Å². The predicted molar refractivity (Wildman–Crippen MR) is 66.2 cm³/mol. The molecule has 1 heterocycles. The largest absolute Gasteiger partial charge is 0.480 e. The molecule has 6 heteroatoms. The van der Waals surface area contributed by atoms with E-state index in [0.29, 0.717) is 0 Å². The molecule has 0 bridgehead atoms. The molecule has 4 unspecified atom stereocenters. The van der Waals surface area contributed by atoms with Crippen LogP contribution in [0.1, 0.15) is 18.5 Å². The molecule has 1 fully saturated rings. The number of benzene rings is 1. The van der Waals surface area contributed by atoms with Crippen molar-refractivity contribution in [3.63, 3.8) is 0 Å². The Bertz CT molecular complexity index is 477. The molecule has 0 aromatic heterocycles. The van der Waals surface area contributed by atoms with E-state index < -0.39 is 22.8 Å². The molecule has 1 aliphatic heterocycles. The molecule has 0 amide bonds. The van der Waals surface area contributed by atoms with Gasteiger partial charge in [-0.25, -0.2) is 4.39 Å². The van der Waals surface area contributed by atoms with E-state index in [1.54, 1.807) is 19.1 Å². The molecule has 0 aliphatic carbocycles. The van der Waals surface area contributed by atoms with E-state index in [1.807, 2.05) is 0 Å². The summed E-state index contributed by atoms with van der Waals surface area (Å²) in [4.78, 5) is 11.0. The van der Waals surface area contributed by atoms with Gasteiger partial charge in [0.1, 0.15) is 11.9 Å². The minimum atomic E-state index is -1.21. The second-order valence-corrected chi connectivity index (χ2v) is 6.18. The van der Waals surface area contributed by atoms with E-state index in [2.05, 4.69) is 5.32 Å². The van der Waals surface area contributed by atoms with Crippen LogP contribution >= 0.6 is 0 Å². The van der Waals surface area contributed by atoms with E-state index in [9.17, 15) is 13.4 Å². The van der Waals surface area contributed by atoms with Gasteiger partial charge >= 0.3 is 5.97 Å². The van der Waals surface area contributed by atoms with Crippen molar-refractivity contribution in [2.24, 2.45) is 0 Å². The van der Waals surface area contributed by atoms with E-state index >= 15 is 0 Å². The van der Waals surface area contributed by atoms with E-state index in [0.717, 1.165) is 5.56 Å². The SMILES string of the molecule is CC1C(c2ccc(F)cc2)NC(C(=O)O)CS1=O. The molecule has 0 radical (unpaired) electrons. The Morgan fingerprint density at radius 3 is 2.61 bits per heavy atom. The lowest BCUT2D eigenvalue weighted by atomic mass is 10.0. The number of halogens is 1. The van der Waals surface area contributed by atoms with Crippen LogP contribution in [-0.2, 0) is 15.6 Å². The molecule has 1 saturated heterocycles. The van der Waals surface area contributed by atoms with Gasteiger partial charge in [-0.1, -0.05) is 12.1 Å². The number of carboxylic acids is 1. The van der Waals surface area contributed by atoms with Crippen molar-refractivity contribution in [1.29, 1.82) is 0 Å². The molecule has 1 aromatic carbocycles. The topological polar surface area (TPSA) is 66.4 Å². The van der Waals surface area contributed by atoms with Crippen LogP contribution in [0.5, 0.6) is 0 Å². The van der Waals surface area contributed by atoms with Crippen LogP contribution in [0.3, 0.4) is 0 Å². The quantitative estimate of drug-likeness (QED) is 0.844. The number of carboxylic acid groups (broad SMARTS) is 1. The van der Waals surface area contributed by atoms with Gasteiger partial charge in [0.25, 0.3) is 0 Å². The first-order valence-corrected chi connectivity index (χ1v) is 6.98. The molecule has 1 aliphatic rings. The number of nitrogens with one attached hydrogen (secondary N) is 1. The van der Waals surface area contributed by atoms with Crippen LogP contribution in [0.15, 0.2) is 24.3 Å². The Morgan fingerprint density at radius 1 is 1.44 bits per heavy atom. The molecule has 4 nitrogen and oxygen atoms in total. The zero-order chi connectivity index (χ0) is 13.3. The Hall–Kier alpha value is -1.27. The predicted octanol–water partition coefficient (Wildman–Crippen LogP) is 1.06. The molecule has 1 aromatic rings. The van der Waals surface area contributed by atoms with Crippen molar-refractivity contribution in [1.82, 2.24) is 5.32 Å². The lowest BCUT2D eigenvalue weighted by Crippen LogP contribution is -2.52. The number of hydrogen-bond acceptors (Lipinski definition) is 3. The summed E-state index contributed by atoms with van der Waals surface area (Å²) in [5.74, 6) is -1.26. The first-order valence-electron chi connectivity index (χ1n) is 5.60. The Morgan fingerprint density at radius 2 is 2.06 bits per heavy atom. The van der Waals surface area contributed by atoms with Crippen LogP contribution in [0.2, 0.25) is 0 Å². The molecule has 2 rings (SSSR count). The Balaban J connectivity index is 2.26. The molecule has 0 saturated carbocycles. The number of aliphatic carboxylic acids is 1. The van der Waals surface area contributed by atoms with Crippen molar-refractivity contribution < 1.29 is 18.5 Å². The summed E-state index contributed by atoms with van der Waals surface area (Å²) in [6.45, 7) is 1.80. The van der Waals surface area contributed by atoms with E-state index in [1.165, 1.54) is 12.1 Å². The maximum absolute atomic E-state index is 12.9. The summed E-state index contributed by atoms with van der Waals surface area (Å²) >= 11 is 0. The molecule has 18 heavy (non-hydrogen) atoms. The monoisotopic (exact) mass is 271 g/mol. The van der Waals surface area contributed by atoms with Crippen LogP contribution in [0, 0.1) is 5.82 Å². The summed E-state index contributed by atoms with van der Waals surface area (Å²) in [6, 6.07) is 4.66. The Labute approximate surface area is 107 Å². The van der Waals surface area contributed by atoms with Crippen molar-refractivity contribution in [3.05, 3.63) is 35.6 Å². The maximum Gasteiger partial charge on any atom is 0.321 e. The van der Waals surface area contributed by atoms with Gasteiger partial charge in [-0.15, -0.1) is 0 Å². The fraction of sp³-hybridized carbons (Fsp3) is 0.417. The number of hydrogen-bond donors (Lipinski definition) is 2. The summed E-state index contributed by atoms with van der Waals surface area (Å²) < 4.78 is 24.8. The lowest BCUT2D eigenvalue weighted by molar-refractivity contribution is -0.139. The van der Waals surface area contributed by atoms with Gasteiger partial charge in [0.2, 0.25) is 0 Å². The summed E-state index contributed by atoms with van der Waals surface area (Å²) in [5, 5.41) is 11.7. The molecular weight excluding hydrogens is 257 g/mol. The summed E-state index contributed by atoms with van der Waals surface area (Å²) in [5.41, 5.74) is 0.753. The maximum atomic E-state index is 12.9. The fourth-order valence-electron chi connectivity index (χ4n) is 2.05. The average Bonchev–Trinajstić information content (AvgIpc) is 2.33. The molecule has 4 atom stereocenters. The van der Waals surface area contributed by atoms with E-state index in [-0.39, 0.29) is 22.9 Å². The molecular formula is C12H14FNO3S. The second-order valence-electron chi connectivity index (χ2n) is 4.34. The van der Waals surface area contributed by atoms with Crippen molar-refractivity contribution in [3.8, 4) is 0 Å². The highest BCUT2D eigenvalue weighted by Gasteiger charge is 2.36. The van der Waals surface area contributed by atoms with Crippen LogP contribution < -0.4 is 5.32 Å². The fourth-order valence-corrected chi connectivity index (χ4v) is 3.46. The van der Waals surface area contributed by atoms with Gasteiger partial charge in [-0.3, -0.25) is 14.3 Å². The van der Waals surface area contributed by atoms with Gasteiger partial charge in [0, 0.05) is 22.6 Å². The minimum absolute atomic E-state index is 0.105. The van der Waals surface area contributed by atoms with Crippen LogP contribution in [0.4, 0.5) is 4.39 Å². The minimum Gasteiger partial charge on any atom is -0.480 e. The third-order valence-corrected chi connectivity index (χ3v) is 4.89. The van der Waals surface area contributed by atoms with Crippen LogP contribution in [0.25, 0.3) is 0 Å². The summed E-state index contributed by atoms with van der Waals surface area (Å²) in [7, 11) is -1.21. The lowest BCUT2D eigenvalue weighted by Gasteiger charge is -2.33. The highest BCUT2D eigenvalue weighted by Crippen LogP contribution is 2.25. The molecule has 2 N–H and O–H groups in total. The summed E-state index contributed by atoms with van der Waals surface area (Å²) in [6.07, 6.45) is 0. The zero-order valence-electron chi connectivity index (χ0n) is 9.80. The normalized spacial score (nSPS) is 32.1. The van der Waals surface area contributed by atoms with Crippen molar-refractivity contribution in [2.75, 3.05) is 5.75 Å². The van der Waals surface area contributed by atoms with Gasteiger partial charge in [0.05, 0.1) is 5.25 Å². The van der Waals surface area contributed by atoms with Gasteiger partial charge in [-0.2, -0.15) is 0 Å². The van der Waals surface area contributed by atoms with Gasteiger partial charge in [-0.05, 0) is 24.6 Å². The smallest absolute Gasteiger partial charge is 0.321 e. The third kappa shape index (κ3) is 2.59. The number of rotatable bonds is 2. The molecule has 98 valence electrons. The third-order valence-electron chi connectivity index (χ3n) is 3.12. The van der Waals surface area contributed by atoms with E-state index in [4.69, 9.17) is 5.11 Å². The van der Waals surface area contributed by atoms with Crippen LogP contribution in [-0.4, -0.2) is 32.3 Å². The van der Waals surface area contributed by atoms with Gasteiger partial charge < -0.3 is 5.11 Å². The Kier molecular flexibility index (Phi) is 3.77. The second kappa shape index (κ2) is 5.16. The molecule has 0 spiro atoms. The van der Waals surface area contributed by atoms with Gasteiger partial charge in [0.15, 0.2) is 0 Å². The number of carbonyl (C=O) groups is 1. The standard InChI is InChI=1S/C12H14FNO3S/c1-7-11(8-2-4-9(13)5-3-8)14-10(12(15)16)6-18(7)17/h2-5,7,10-11,14H,6H2,1H3,(H,15,16). The highest BCUT2D eigenvalue weighted by molar-refractivity contribution is 7.85. The average molecular weight is 271 g/mol. The zero-order valence-corrected chi connectivity index (χ0v) is 10.6.